The molecule has 1 aliphatic rings. The van der Waals surface area contributed by atoms with E-state index in [1.165, 1.54) is 6.07 Å². The predicted octanol–water partition coefficient (Wildman–Crippen LogP) is 3.38. The molecule has 4 rings (SSSR count). The van der Waals surface area contributed by atoms with Crippen LogP contribution in [0.5, 0.6) is 0 Å². The molecule has 114 valence electrons. The van der Waals surface area contributed by atoms with Crippen molar-refractivity contribution in [3.8, 4) is 0 Å². The SMILES string of the molecule is C[C@@H]1Cc2ccccc2N1C(=O)c1cc(=O)c2ccccc2o1. The summed E-state index contributed by atoms with van der Waals surface area (Å²) in [5.74, 6) is -0.192. The lowest BCUT2D eigenvalue weighted by molar-refractivity contribution is 0.0955. The average Bonchev–Trinajstić information content (AvgIpc) is 2.90. The zero-order valence-corrected chi connectivity index (χ0v) is 12.7. The van der Waals surface area contributed by atoms with Crippen LogP contribution in [0.25, 0.3) is 11.0 Å². The van der Waals surface area contributed by atoms with Crippen LogP contribution in [0, 0.1) is 0 Å². The third-order valence-corrected chi connectivity index (χ3v) is 4.27. The number of carbonyl (C=O) groups is 1. The van der Waals surface area contributed by atoms with Crippen LogP contribution >= 0.6 is 0 Å². The van der Waals surface area contributed by atoms with E-state index in [2.05, 4.69) is 0 Å². The monoisotopic (exact) mass is 305 g/mol. The van der Waals surface area contributed by atoms with E-state index in [0.717, 1.165) is 17.7 Å². The summed E-state index contributed by atoms with van der Waals surface area (Å²) < 4.78 is 5.69. The van der Waals surface area contributed by atoms with Crippen molar-refractivity contribution in [2.45, 2.75) is 19.4 Å². The van der Waals surface area contributed by atoms with E-state index in [1.54, 1.807) is 29.2 Å². The smallest absolute Gasteiger partial charge is 0.294 e. The minimum absolute atomic E-state index is 0.0386. The van der Waals surface area contributed by atoms with Crippen molar-refractivity contribution >= 4 is 22.6 Å². The highest BCUT2D eigenvalue weighted by molar-refractivity contribution is 6.06. The van der Waals surface area contributed by atoms with Crippen molar-refractivity contribution in [3.05, 3.63) is 76.1 Å². The van der Waals surface area contributed by atoms with E-state index in [-0.39, 0.29) is 23.1 Å². The first-order valence-electron chi connectivity index (χ1n) is 7.59. The molecule has 2 heterocycles. The fourth-order valence-electron chi connectivity index (χ4n) is 3.20. The van der Waals surface area contributed by atoms with Gasteiger partial charge in [-0.05, 0) is 37.1 Å². The Kier molecular flexibility index (Phi) is 3.05. The van der Waals surface area contributed by atoms with Gasteiger partial charge in [0.25, 0.3) is 5.91 Å². The quantitative estimate of drug-likeness (QED) is 0.692. The van der Waals surface area contributed by atoms with Crippen molar-refractivity contribution in [1.82, 2.24) is 0 Å². The van der Waals surface area contributed by atoms with Gasteiger partial charge in [0.05, 0.1) is 5.39 Å². The summed E-state index contributed by atoms with van der Waals surface area (Å²) in [7, 11) is 0. The number of fused-ring (bicyclic) bond motifs is 2. The summed E-state index contributed by atoms with van der Waals surface area (Å²) in [6.45, 7) is 2.00. The summed E-state index contributed by atoms with van der Waals surface area (Å²) in [6.07, 6.45) is 0.805. The van der Waals surface area contributed by atoms with Crippen LogP contribution < -0.4 is 10.3 Å². The van der Waals surface area contributed by atoms with E-state index < -0.39 is 0 Å². The fraction of sp³-hybridized carbons (Fsp3) is 0.158. The summed E-state index contributed by atoms with van der Waals surface area (Å²) in [6, 6.07) is 16.1. The molecule has 0 bridgehead atoms. The zero-order valence-electron chi connectivity index (χ0n) is 12.7. The number of anilines is 1. The molecule has 1 aliphatic heterocycles. The molecule has 0 fully saturated rings. The molecule has 4 heteroatoms. The number of nitrogens with zero attached hydrogens (tertiary/aromatic N) is 1. The molecule has 0 spiro atoms. The summed E-state index contributed by atoms with van der Waals surface area (Å²) in [5, 5.41) is 0.485. The predicted molar refractivity (Wildman–Crippen MR) is 88.9 cm³/mol. The number of amides is 1. The van der Waals surface area contributed by atoms with Gasteiger partial charge in [-0.2, -0.15) is 0 Å². The van der Waals surface area contributed by atoms with Gasteiger partial charge in [-0.1, -0.05) is 30.3 Å². The molecule has 0 N–H and O–H groups in total. The Balaban J connectivity index is 1.82. The Labute approximate surface area is 133 Å². The van der Waals surface area contributed by atoms with E-state index in [9.17, 15) is 9.59 Å². The van der Waals surface area contributed by atoms with Gasteiger partial charge in [-0.15, -0.1) is 0 Å². The average molecular weight is 305 g/mol. The minimum Gasteiger partial charge on any atom is -0.451 e. The third kappa shape index (κ3) is 2.14. The lowest BCUT2D eigenvalue weighted by Crippen LogP contribution is -2.36. The largest absolute Gasteiger partial charge is 0.451 e. The highest BCUT2D eigenvalue weighted by atomic mass is 16.3. The van der Waals surface area contributed by atoms with Gasteiger partial charge in [0.1, 0.15) is 5.58 Å². The molecule has 3 aromatic rings. The highest BCUT2D eigenvalue weighted by Crippen LogP contribution is 2.33. The standard InChI is InChI=1S/C19H15NO3/c1-12-10-13-6-2-4-8-15(13)20(12)19(22)18-11-16(21)14-7-3-5-9-17(14)23-18/h2-9,11-12H,10H2,1H3/t12-/m1/s1. The van der Waals surface area contributed by atoms with Crippen LogP contribution in [0.3, 0.4) is 0 Å². The lowest BCUT2D eigenvalue weighted by atomic mass is 10.1. The maximum absolute atomic E-state index is 12.9. The van der Waals surface area contributed by atoms with E-state index >= 15 is 0 Å². The second kappa shape index (κ2) is 5.09. The molecular weight excluding hydrogens is 290 g/mol. The Hall–Kier alpha value is -2.88. The number of rotatable bonds is 1. The molecule has 2 aromatic carbocycles. The van der Waals surface area contributed by atoms with Gasteiger partial charge in [-0.3, -0.25) is 9.59 Å². The first-order valence-corrected chi connectivity index (χ1v) is 7.59. The summed E-state index contributed by atoms with van der Waals surface area (Å²) in [5.41, 5.74) is 2.26. The summed E-state index contributed by atoms with van der Waals surface area (Å²) >= 11 is 0. The maximum atomic E-state index is 12.9. The van der Waals surface area contributed by atoms with Crippen LogP contribution in [0.1, 0.15) is 23.0 Å². The van der Waals surface area contributed by atoms with E-state index in [1.807, 2.05) is 31.2 Å². The Morgan fingerprint density at radius 3 is 2.74 bits per heavy atom. The molecule has 0 aliphatic carbocycles. The summed E-state index contributed by atoms with van der Waals surface area (Å²) in [4.78, 5) is 26.8. The molecule has 0 unspecified atom stereocenters. The number of benzene rings is 2. The molecule has 1 amide bonds. The van der Waals surface area contributed by atoms with E-state index in [0.29, 0.717) is 11.0 Å². The van der Waals surface area contributed by atoms with Crippen LogP contribution in [0.4, 0.5) is 5.69 Å². The van der Waals surface area contributed by atoms with E-state index in [4.69, 9.17) is 4.42 Å². The van der Waals surface area contributed by atoms with Crippen LogP contribution in [0.15, 0.2) is 63.8 Å². The Morgan fingerprint density at radius 1 is 1.13 bits per heavy atom. The van der Waals surface area contributed by atoms with Crippen molar-refractivity contribution in [3.63, 3.8) is 0 Å². The van der Waals surface area contributed by atoms with Crippen molar-refractivity contribution in [2.24, 2.45) is 0 Å². The first kappa shape index (κ1) is 13.8. The second-order valence-corrected chi connectivity index (χ2v) is 5.83. The van der Waals surface area contributed by atoms with Crippen LogP contribution in [0.2, 0.25) is 0 Å². The van der Waals surface area contributed by atoms with Crippen molar-refractivity contribution in [1.29, 1.82) is 0 Å². The molecule has 1 aromatic heterocycles. The molecule has 1 atom stereocenters. The minimum atomic E-state index is -0.273. The fourth-order valence-corrected chi connectivity index (χ4v) is 3.20. The Bertz CT molecular complexity index is 974. The molecule has 23 heavy (non-hydrogen) atoms. The topological polar surface area (TPSA) is 50.5 Å². The molecule has 0 saturated carbocycles. The number of carbonyl (C=O) groups excluding carboxylic acids is 1. The number of para-hydroxylation sites is 2. The zero-order chi connectivity index (χ0) is 16.0. The molecule has 4 nitrogen and oxygen atoms in total. The maximum Gasteiger partial charge on any atom is 0.294 e. The van der Waals surface area contributed by atoms with Gasteiger partial charge in [-0.25, -0.2) is 0 Å². The van der Waals surface area contributed by atoms with Crippen molar-refractivity contribution < 1.29 is 9.21 Å². The lowest BCUT2D eigenvalue weighted by Gasteiger charge is -2.22. The number of hydrogen-bond acceptors (Lipinski definition) is 3. The van der Waals surface area contributed by atoms with Crippen LogP contribution in [-0.2, 0) is 6.42 Å². The molecule has 0 saturated heterocycles. The highest BCUT2D eigenvalue weighted by Gasteiger charge is 2.32. The third-order valence-electron chi connectivity index (χ3n) is 4.27. The number of hydrogen-bond donors (Lipinski definition) is 0. The van der Waals surface area contributed by atoms with Crippen LogP contribution in [-0.4, -0.2) is 11.9 Å². The van der Waals surface area contributed by atoms with Gasteiger partial charge in [0.15, 0.2) is 11.2 Å². The Morgan fingerprint density at radius 2 is 1.87 bits per heavy atom. The van der Waals surface area contributed by atoms with Gasteiger partial charge < -0.3 is 9.32 Å². The normalized spacial score (nSPS) is 16.6. The molecular formula is C19H15NO3. The van der Waals surface area contributed by atoms with Gasteiger partial charge in [0, 0.05) is 17.8 Å². The van der Waals surface area contributed by atoms with Gasteiger partial charge >= 0.3 is 0 Å². The van der Waals surface area contributed by atoms with Gasteiger partial charge in [0.2, 0.25) is 0 Å². The molecule has 0 radical (unpaired) electrons. The van der Waals surface area contributed by atoms with Crippen molar-refractivity contribution in [2.75, 3.05) is 4.90 Å². The first-order chi connectivity index (χ1) is 11.1. The second-order valence-electron chi connectivity index (χ2n) is 5.83.